The van der Waals surface area contributed by atoms with Crippen molar-refractivity contribution in [1.29, 1.82) is 0 Å². The van der Waals surface area contributed by atoms with Gasteiger partial charge in [-0.05, 0) is 25.8 Å². The van der Waals surface area contributed by atoms with E-state index in [2.05, 4.69) is 25.4 Å². The zero-order valence-electron chi connectivity index (χ0n) is 22.4. The van der Waals surface area contributed by atoms with Gasteiger partial charge in [-0.3, -0.25) is 4.68 Å². The van der Waals surface area contributed by atoms with E-state index in [4.69, 9.17) is 0 Å². The number of aliphatic hydroxyl groups is 3. The molecular formula is C24H31F2N9O5S. The molecule has 0 unspecified atom stereocenters. The summed E-state index contributed by atoms with van der Waals surface area (Å²) in [5.41, 5.74) is -0.601. The van der Waals surface area contributed by atoms with Crippen molar-refractivity contribution in [2.45, 2.75) is 42.7 Å². The van der Waals surface area contributed by atoms with Crippen LogP contribution in [0.15, 0.2) is 29.6 Å². The summed E-state index contributed by atoms with van der Waals surface area (Å²) in [6, 6.07) is 1.66. The molecule has 0 aromatic carbocycles. The first-order chi connectivity index (χ1) is 19.2. The predicted molar refractivity (Wildman–Crippen MR) is 141 cm³/mol. The number of rotatable bonds is 6. The topological polar surface area (TPSA) is 173 Å². The predicted octanol–water partition coefficient (Wildman–Crippen LogP) is -0.323. The summed E-state index contributed by atoms with van der Waals surface area (Å²) in [5, 5.41) is 36.0. The highest BCUT2D eigenvalue weighted by Crippen LogP contribution is 2.52. The Morgan fingerprint density at radius 2 is 1.78 bits per heavy atom. The number of aryl methyl sites for hydroxylation is 2. The van der Waals surface area contributed by atoms with Crippen LogP contribution in [0.25, 0.3) is 10.9 Å². The molecule has 0 bridgehead atoms. The lowest BCUT2D eigenvalue weighted by atomic mass is 9.76. The van der Waals surface area contributed by atoms with Crippen LogP contribution < -0.4 is 10.2 Å². The van der Waals surface area contributed by atoms with Crippen molar-refractivity contribution < 1.29 is 32.5 Å². The summed E-state index contributed by atoms with van der Waals surface area (Å²) >= 11 is 0. The summed E-state index contributed by atoms with van der Waals surface area (Å²) in [4.78, 5) is 15.9. The summed E-state index contributed by atoms with van der Waals surface area (Å²) < 4.78 is 59.1. The van der Waals surface area contributed by atoms with Crippen molar-refractivity contribution >= 4 is 32.7 Å². The number of halogens is 2. The summed E-state index contributed by atoms with van der Waals surface area (Å²) in [5.74, 6) is -2.63. The quantitative estimate of drug-likeness (QED) is 0.274. The molecule has 3 saturated heterocycles. The molecule has 222 valence electrons. The van der Waals surface area contributed by atoms with Crippen molar-refractivity contribution in [2.75, 3.05) is 49.5 Å². The third-order valence-electron chi connectivity index (χ3n) is 8.15. The van der Waals surface area contributed by atoms with Gasteiger partial charge in [0.2, 0.25) is 16.0 Å². The van der Waals surface area contributed by atoms with Crippen molar-refractivity contribution in [3.05, 3.63) is 30.4 Å². The average Bonchev–Trinajstić information content (AvgIpc) is 3.43. The summed E-state index contributed by atoms with van der Waals surface area (Å²) in [6.45, 7) is 0.782. The number of likely N-dealkylation sites (tertiary alicyclic amines) is 1. The van der Waals surface area contributed by atoms with E-state index in [-0.39, 0.29) is 29.2 Å². The molecule has 0 atom stereocenters. The number of alkyl halides is 2. The molecule has 3 aromatic heterocycles. The third kappa shape index (κ3) is 4.89. The van der Waals surface area contributed by atoms with Crippen LogP contribution in [0, 0.1) is 12.3 Å². The van der Waals surface area contributed by atoms with Gasteiger partial charge in [0.15, 0.2) is 5.82 Å². The first kappa shape index (κ1) is 28.0. The van der Waals surface area contributed by atoms with E-state index >= 15 is 8.78 Å². The van der Waals surface area contributed by atoms with Crippen LogP contribution in [0.3, 0.4) is 0 Å². The van der Waals surface area contributed by atoms with Crippen molar-refractivity contribution in [1.82, 2.24) is 33.9 Å². The molecule has 0 aliphatic carbocycles. The number of nitrogens with one attached hydrogen (secondary N) is 1. The fraction of sp³-hybridized carbons (Fsp3) is 0.583. The zero-order valence-corrected chi connectivity index (χ0v) is 23.3. The summed E-state index contributed by atoms with van der Waals surface area (Å²) in [6.07, 6.45) is 2.26. The second-order valence-corrected chi connectivity index (χ2v) is 13.1. The fourth-order valence-electron chi connectivity index (χ4n) is 5.87. The van der Waals surface area contributed by atoms with Crippen LogP contribution in [0.5, 0.6) is 0 Å². The van der Waals surface area contributed by atoms with E-state index in [9.17, 15) is 23.7 Å². The second kappa shape index (κ2) is 9.47. The Kier molecular flexibility index (Phi) is 6.48. The number of fused-ring (bicyclic) bond motifs is 1. The molecule has 0 radical (unpaired) electrons. The summed E-state index contributed by atoms with van der Waals surface area (Å²) in [7, 11) is -1.99. The van der Waals surface area contributed by atoms with E-state index in [0.29, 0.717) is 42.5 Å². The minimum Gasteiger partial charge on any atom is -0.351 e. The van der Waals surface area contributed by atoms with Crippen LogP contribution in [0.4, 0.5) is 20.5 Å². The zero-order chi connectivity index (χ0) is 29.4. The van der Waals surface area contributed by atoms with Gasteiger partial charge in [0.25, 0.3) is 5.92 Å². The number of sulfonamides is 1. The molecule has 0 amide bonds. The smallest absolute Gasteiger partial charge is 0.345 e. The number of nitrogens with zero attached hydrogens (tertiary/aromatic N) is 8. The van der Waals surface area contributed by atoms with Crippen molar-refractivity contribution in [3.8, 4) is 0 Å². The Morgan fingerprint density at radius 1 is 1.07 bits per heavy atom. The Labute approximate surface area is 234 Å². The lowest BCUT2D eigenvalue weighted by molar-refractivity contribution is -0.424. The molecule has 6 heterocycles. The molecule has 6 rings (SSSR count). The number of hydrogen-bond donors (Lipinski definition) is 4. The Balaban J connectivity index is 1.19. The molecule has 3 aliphatic heterocycles. The molecule has 3 aliphatic rings. The molecular weight excluding hydrogens is 564 g/mol. The van der Waals surface area contributed by atoms with Gasteiger partial charge in [-0.15, -0.1) is 0 Å². The lowest BCUT2D eigenvalue weighted by Gasteiger charge is -2.52. The Hall–Kier alpha value is -3.09. The Morgan fingerprint density at radius 3 is 2.41 bits per heavy atom. The van der Waals surface area contributed by atoms with Crippen LogP contribution in [-0.4, -0.2) is 115 Å². The van der Waals surface area contributed by atoms with Crippen molar-refractivity contribution in [2.24, 2.45) is 12.5 Å². The highest BCUT2D eigenvalue weighted by atomic mass is 32.2. The highest BCUT2D eigenvalue weighted by molar-refractivity contribution is 7.89. The van der Waals surface area contributed by atoms with Gasteiger partial charge in [-0.25, -0.2) is 37.1 Å². The van der Waals surface area contributed by atoms with Gasteiger partial charge in [0.1, 0.15) is 10.4 Å². The molecule has 17 heteroatoms. The van der Waals surface area contributed by atoms with E-state index < -0.39 is 47.1 Å². The Bertz CT molecular complexity index is 1580. The molecule has 41 heavy (non-hydrogen) atoms. The number of aromatic nitrogens is 5. The van der Waals surface area contributed by atoms with Gasteiger partial charge in [-0.1, -0.05) is 0 Å². The monoisotopic (exact) mass is 595 g/mol. The lowest BCUT2D eigenvalue weighted by Crippen LogP contribution is -2.70. The first-order valence-corrected chi connectivity index (χ1v) is 14.6. The third-order valence-corrected chi connectivity index (χ3v) is 10.0. The van der Waals surface area contributed by atoms with Gasteiger partial charge < -0.3 is 25.5 Å². The van der Waals surface area contributed by atoms with Crippen LogP contribution in [0.1, 0.15) is 18.5 Å². The van der Waals surface area contributed by atoms with E-state index in [1.165, 1.54) is 26.3 Å². The van der Waals surface area contributed by atoms with E-state index in [1.54, 1.807) is 26.2 Å². The largest absolute Gasteiger partial charge is 0.351 e. The number of hydrogen-bond acceptors (Lipinski definition) is 12. The minimum atomic E-state index is -3.64. The van der Waals surface area contributed by atoms with Gasteiger partial charge in [-0.2, -0.15) is 9.40 Å². The molecule has 3 fully saturated rings. The van der Waals surface area contributed by atoms with E-state index in [0.717, 1.165) is 4.90 Å². The molecule has 1 spiro atoms. The van der Waals surface area contributed by atoms with Gasteiger partial charge >= 0.3 is 6.10 Å². The van der Waals surface area contributed by atoms with Gasteiger partial charge in [0, 0.05) is 69.3 Å². The number of anilines is 2. The van der Waals surface area contributed by atoms with Crippen LogP contribution in [0.2, 0.25) is 0 Å². The molecule has 3 aromatic rings. The van der Waals surface area contributed by atoms with Crippen LogP contribution >= 0.6 is 0 Å². The van der Waals surface area contributed by atoms with Gasteiger partial charge in [0.05, 0.1) is 18.2 Å². The number of pyridine rings is 1. The normalized spacial score (nSPS) is 22.0. The minimum absolute atomic E-state index is 0.106. The SMILES string of the molecule is Cc1cc2cnc(NC3CCN(S(=O)(=O)c4cnn(C)c4)CC3)nc2c(N2CC(F)(F)C3(C2)CN(C(O)(O)O)C3)n1. The maximum Gasteiger partial charge on any atom is 0.345 e. The fourth-order valence-corrected chi connectivity index (χ4v) is 7.33. The first-order valence-electron chi connectivity index (χ1n) is 13.1. The second-order valence-electron chi connectivity index (χ2n) is 11.2. The number of piperidine rings is 1. The average molecular weight is 596 g/mol. The van der Waals surface area contributed by atoms with Crippen molar-refractivity contribution in [3.63, 3.8) is 0 Å². The maximum absolute atomic E-state index is 15.2. The molecule has 14 nitrogen and oxygen atoms in total. The standard InChI is InChI=1S/C24H31F2N9O5S/c1-15-7-16-8-27-21(30-17-3-5-35(6-4-17)41(39,40)18-9-28-32(2)10-18)31-19(16)20(29-15)33-11-22(23(25,26)14-33)12-34(13-22)24(36,37)38/h7-10,17,36-38H,3-6,11-14H2,1-2H3,(H,27,30,31). The molecule has 4 N–H and O–H groups in total. The van der Waals surface area contributed by atoms with Crippen LogP contribution in [-0.2, 0) is 17.1 Å². The maximum atomic E-state index is 15.2. The molecule has 0 saturated carbocycles. The van der Waals surface area contributed by atoms with E-state index in [1.807, 2.05) is 0 Å². The highest BCUT2D eigenvalue weighted by Gasteiger charge is 2.68.